The maximum atomic E-state index is 6.01. The summed E-state index contributed by atoms with van der Waals surface area (Å²) in [6.07, 6.45) is 6.43. The van der Waals surface area contributed by atoms with E-state index in [-0.39, 0.29) is 6.04 Å². The summed E-state index contributed by atoms with van der Waals surface area (Å²) < 4.78 is 0. The largest absolute Gasteiger partial charge is 0.355 e. The maximum Gasteiger partial charge on any atom is 0.161 e. The van der Waals surface area contributed by atoms with Crippen molar-refractivity contribution in [2.24, 2.45) is 5.73 Å². The Kier molecular flexibility index (Phi) is 3.92. The van der Waals surface area contributed by atoms with Gasteiger partial charge in [0.15, 0.2) is 5.82 Å². The van der Waals surface area contributed by atoms with Crippen molar-refractivity contribution >= 4 is 5.82 Å². The smallest absolute Gasteiger partial charge is 0.161 e. The van der Waals surface area contributed by atoms with Crippen LogP contribution < -0.4 is 10.6 Å². The van der Waals surface area contributed by atoms with E-state index in [1.54, 1.807) is 12.4 Å². The molecule has 0 saturated carbocycles. The molecule has 2 N–H and O–H groups in total. The van der Waals surface area contributed by atoms with Gasteiger partial charge in [-0.1, -0.05) is 18.2 Å². The highest BCUT2D eigenvalue weighted by Crippen LogP contribution is 2.25. The van der Waals surface area contributed by atoms with E-state index in [1.165, 1.54) is 0 Å². The van der Waals surface area contributed by atoms with E-state index in [4.69, 9.17) is 10.7 Å². The van der Waals surface area contributed by atoms with Crippen LogP contribution in [0.15, 0.2) is 61.1 Å². The Hall–Kier alpha value is -2.79. The first kappa shape index (κ1) is 14.8. The average Bonchev–Trinajstić information content (AvgIpc) is 3.09. The molecule has 0 amide bonds. The lowest BCUT2D eigenvalue weighted by atomic mass is 10.0. The van der Waals surface area contributed by atoms with Crippen molar-refractivity contribution in [3.8, 4) is 22.5 Å². The molecule has 24 heavy (non-hydrogen) atoms. The Balaban J connectivity index is 1.67. The summed E-state index contributed by atoms with van der Waals surface area (Å²) in [5, 5.41) is 0. The van der Waals surface area contributed by atoms with E-state index in [0.29, 0.717) is 0 Å². The zero-order valence-electron chi connectivity index (χ0n) is 13.3. The zero-order valence-corrected chi connectivity index (χ0v) is 13.3. The zero-order chi connectivity index (χ0) is 16.4. The van der Waals surface area contributed by atoms with E-state index < -0.39 is 0 Å². The lowest BCUT2D eigenvalue weighted by Gasteiger charge is -2.17. The molecule has 0 aliphatic carbocycles. The quantitative estimate of drug-likeness (QED) is 0.804. The number of hydrogen-bond donors (Lipinski definition) is 1. The minimum atomic E-state index is 0.235. The van der Waals surface area contributed by atoms with Crippen LogP contribution in [0, 0.1) is 0 Å². The molecule has 1 atom stereocenters. The monoisotopic (exact) mass is 317 g/mol. The van der Waals surface area contributed by atoms with Gasteiger partial charge in [0.1, 0.15) is 5.82 Å². The lowest BCUT2D eigenvalue weighted by Crippen LogP contribution is -2.26. The highest BCUT2D eigenvalue weighted by molar-refractivity contribution is 5.70. The molecule has 4 rings (SSSR count). The van der Waals surface area contributed by atoms with Gasteiger partial charge in [-0.05, 0) is 41.8 Å². The number of hydrogen-bond acceptors (Lipinski definition) is 5. The number of aromatic nitrogens is 3. The van der Waals surface area contributed by atoms with Crippen molar-refractivity contribution in [3.63, 3.8) is 0 Å². The molecule has 5 nitrogen and oxygen atoms in total. The summed E-state index contributed by atoms with van der Waals surface area (Å²) in [5.74, 6) is 1.69. The molecule has 1 unspecified atom stereocenters. The van der Waals surface area contributed by atoms with Crippen molar-refractivity contribution in [2.75, 3.05) is 18.0 Å². The maximum absolute atomic E-state index is 6.01. The van der Waals surface area contributed by atoms with Gasteiger partial charge >= 0.3 is 0 Å². The van der Waals surface area contributed by atoms with Crippen LogP contribution in [0.1, 0.15) is 6.42 Å². The molecule has 3 aromatic rings. The number of benzene rings is 1. The van der Waals surface area contributed by atoms with Gasteiger partial charge < -0.3 is 10.6 Å². The number of anilines is 1. The van der Waals surface area contributed by atoms with Gasteiger partial charge in [-0.3, -0.25) is 4.98 Å². The molecular formula is C19H19N5. The number of rotatable bonds is 3. The second-order valence-electron chi connectivity index (χ2n) is 6.05. The second-order valence-corrected chi connectivity index (χ2v) is 6.05. The molecule has 2 aromatic heterocycles. The summed E-state index contributed by atoms with van der Waals surface area (Å²) in [6, 6.07) is 14.5. The molecule has 1 aromatic carbocycles. The van der Waals surface area contributed by atoms with Crippen molar-refractivity contribution in [2.45, 2.75) is 12.5 Å². The van der Waals surface area contributed by atoms with Gasteiger partial charge in [-0.15, -0.1) is 0 Å². The fraction of sp³-hybridized carbons (Fsp3) is 0.211. The van der Waals surface area contributed by atoms with Gasteiger partial charge in [0.05, 0.1) is 0 Å². The van der Waals surface area contributed by atoms with Crippen LogP contribution in [-0.2, 0) is 0 Å². The number of nitrogens with zero attached hydrogens (tertiary/aromatic N) is 4. The van der Waals surface area contributed by atoms with Crippen LogP contribution in [0.4, 0.5) is 5.82 Å². The third kappa shape index (κ3) is 2.98. The minimum Gasteiger partial charge on any atom is -0.355 e. The Morgan fingerprint density at radius 3 is 2.58 bits per heavy atom. The van der Waals surface area contributed by atoms with Crippen molar-refractivity contribution < 1.29 is 0 Å². The molecule has 1 aliphatic heterocycles. The summed E-state index contributed by atoms with van der Waals surface area (Å²) >= 11 is 0. The average molecular weight is 317 g/mol. The normalized spacial score (nSPS) is 17.2. The van der Waals surface area contributed by atoms with Gasteiger partial charge in [0, 0.05) is 43.3 Å². The first-order chi connectivity index (χ1) is 11.8. The molecular weight excluding hydrogens is 298 g/mol. The Morgan fingerprint density at radius 2 is 1.79 bits per heavy atom. The molecule has 0 bridgehead atoms. The van der Waals surface area contributed by atoms with Crippen LogP contribution in [0.5, 0.6) is 0 Å². The van der Waals surface area contributed by atoms with Gasteiger partial charge in [-0.2, -0.15) is 0 Å². The van der Waals surface area contributed by atoms with Gasteiger partial charge in [-0.25, -0.2) is 9.97 Å². The van der Waals surface area contributed by atoms with E-state index in [2.05, 4.69) is 27.0 Å². The summed E-state index contributed by atoms with van der Waals surface area (Å²) in [6.45, 7) is 1.81. The van der Waals surface area contributed by atoms with Crippen LogP contribution in [0.25, 0.3) is 22.5 Å². The van der Waals surface area contributed by atoms with Crippen LogP contribution >= 0.6 is 0 Å². The molecule has 120 valence electrons. The van der Waals surface area contributed by atoms with Crippen molar-refractivity contribution in [1.29, 1.82) is 0 Å². The number of nitrogens with two attached hydrogens (primary N) is 1. The van der Waals surface area contributed by atoms with Crippen molar-refractivity contribution in [3.05, 3.63) is 61.1 Å². The molecule has 3 heterocycles. The second kappa shape index (κ2) is 6.37. The molecule has 0 radical (unpaired) electrons. The van der Waals surface area contributed by atoms with E-state index in [1.807, 2.05) is 36.5 Å². The first-order valence-electron chi connectivity index (χ1n) is 8.14. The predicted octanol–water partition coefficient (Wildman–Crippen LogP) is 2.74. The highest BCUT2D eigenvalue weighted by atomic mass is 15.2. The third-order valence-corrected chi connectivity index (χ3v) is 4.32. The topological polar surface area (TPSA) is 67.9 Å². The summed E-state index contributed by atoms with van der Waals surface area (Å²) in [7, 11) is 0. The van der Waals surface area contributed by atoms with E-state index in [9.17, 15) is 0 Å². The minimum absolute atomic E-state index is 0.235. The Morgan fingerprint density at radius 1 is 0.958 bits per heavy atom. The number of pyridine rings is 1. The lowest BCUT2D eigenvalue weighted by molar-refractivity contribution is 0.751. The van der Waals surface area contributed by atoms with Gasteiger partial charge in [0.2, 0.25) is 0 Å². The van der Waals surface area contributed by atoms with Crippen LogP contribution in [-0.4, -0.2) is 34.1 Å². The van der Waals surface area contributed by atoms with Crippen molar-refractivity contribution in [1.82, 2.24) is 15.0 Å². The fourth-order valence-electron chi connectivity index (χ4n) is 3.04. The highest BCUT2D eigenvalue weighted by Gasteiger charge is 2.20. The SMILES string of the molecule is NC1CCN(c2ccnc(-c3cccc(-c4ccncc4)c3)n2)C1. The van der Waals surface area contributed by atoms with E-state index >= 15 is 0 Å². The summed E-state index contributed by atoms with van der Waals surface area (Å²) in [4.78, 5) is 15.5. The Bertz CT molecular complexity index is 834. The summed E-state index contributed by atoms with van der Waals surface area (Å²) in [5.41, 5.74) is 9.28. The molecule has 0 spiro atoms. The third-order valence-electron chi connectivity index (χ3n) is 4.32. The molecule has 1 aliphatic rings. The first-order valence-corrected chi connectivity index (χ1v) is 8.14. The standard InChI is InChI=1S/C19H19N5/c20-17-7-11-24(13-17)18-6-10-22-19(23-18)16-3-1-2-15(12-16)14-4-8-21-9-5-14/h1-6,8-10,12,17H,7,11,13,20H2. The van der Waals surface area contributed by atoms with E-state index in [0.717, 1.165) is 47.8 Å². The Labute approximate surface area is 141 Å². The molecule has 5 heteroatoms. The van der Waals surface area contributed by atoms with Crippen LogP contribution in [0.3, 0.4) is 0 Å². The van der Waals surface area contributed by atoms with Gasteiger partial charge in [0.25, 0.3) is 0 Å². The fourth-order valence-corrected chi connectivity index (χ4v) is 3.04. The molecule has 1 fully saturated rings. The molecule has 1 saturated heterocycles. The van der Waals surface area contributed by atoms with Crippen LogP contribution in [0.2, 0.25) is 0 Å². The predicted molar refractivity (Wildman–Crippen MR) is 95.5 cm³/mol.